The third kappa shape index (κ3) is 6.84. The van der Waals surface area contributed by atoms with Crippen LogP contribution in [-0.2, 0) is 16.0 Å². The van der Waals surface area contributed by atoms with Crippen LogP contribution in [0.5, 0.6) is 23.0 Å². The maximum Gasteiger partial charge on any atom is 0.330 e. The van der Waals surface area contributed by atoms with Crippen molar-refractivity contribution in [2.24, 2.45) is 0 Å². The summed E-state index contributed by atoms with van der Waals surface area (Å²) < 4.78 is 17.4. The summed E-state index contributed by atoms with van der Waals surface area (Å²) in [5, 5.41) is 0. The van der Waals surface area contributed by atoms with E-state index in [1.165, 1.54) is 6.08 Å². The molecule has 4 aromatic rings. The van der Waals surface area contributed by atoms with Gasteiger partial charge in [0.25, 0.3) is 0 Å². The van der Waals surface area contributed by atoms with Gasteiger partial charge >= 0.3 is 5.97 Å². The number of hydrogen-bond donors (Lipinski definition) is 0. The highest BCUT2D eigenvalue weighted by Gasteiger charge is 2.09. The number of esters is 1. The van der Waals surface area contributed by atoms with Gasteiger partial charge in [-0.2, -0.15) is 0 Å². The number of carbonyl (C=O) groups excluding carboxylic acids is 1. The molecule has 0 aliphatic carbocycles. The van der Waals surface area contributed by atoms with Crippen LogP contribution >= 0.6 is 0 Å². The highest BCUT2D eigenvalue weighted by Crippen LogP contribution is 2.35. The molecule has 0 fully saturated rings. The fourth-order valence-corrected chi connectivity index (χ4v) is 3.15. The highest BCUT2D eigenvalue weighted by atomic mass is 16.5. The summed E-state index contributed by atoms with van der Waals surface area (Å²) in [4.78, 5) is 12.1. The summed E-state index contributed by atoms with van der Waals surface area (Å²) in [6, 6.07) is 34.4. The third-order valence-electron chi connectivity index (χ3n) is 4.80. The normalized spacial score (nSPS) is 10.7. The van der Waals surface area contributed by atoms with Crippen molar-refractivity contribution in [3.8, 4) is 23.0 Å². The van der Waals surface area contributed by atoms with Crippen molar-refractivity contribution in [2.75, 3.05) is 6.61 Å². The molecule has 0 N–H and O–H groups in total. The van der Waals surface area contributed by atoms with Crippen molar-refractivity contribution < 1.29 is 19.0 Å². The fourth-order valence-electron chi connectivity index (χ4n) is 3.15. The molecule has 0 heterocycles. The topological polar surface area (TPSA) is 44.8 Å². The van der Waals surface area contributed by atoms with E-state index in [9.17, 15) is 4.79 Å². The van der Waals surface area contributed by atoms with Gasteiger partial charge in [0.15, 0.2) is 11.5 Å². The predicted molar refractivity (Wildman–Crippen MR) is 130 cm³/mol. The van der Waals surface area contributed by atoms with E-state index in [4.69, 9.17) is 14.2 Å². The van der Waals surface area contributed by atoms with E-state index in [0.717, 1.165) is 11.1 Å². The molecular formula is C29H24O4. The van der Waals surface area contributed by atoms with E-state index in [-0.39, 0.29) is 5.97 Å². The van der Waals surface area contributed by atoms with Gasteiger partial charge in [0.1, 0.15) is 11.5 Å². The molecule has 33 heavy (non-hydrogen) atoms. The van der Waals surface area contributed by atoms with E-state index < -0.39 is 0 Å². The van der Waals surface area contributed by atoms with Gasteiger partial charge in [-0.1, -0.05) is 72.8 Å². The minimum absolute atomic E-state index is 0.333. The molecule has 164 valence electrons. The van der Waals surface area contributed by atoms with E-state index in [0.29, 0.717) is 36.0 Å². The van der Waals surface area contributed by atoms with E-state index in [1.807, 2.05) is 109 Å². The van der Waals surface area contributed by atoms with E-state index in [2.05, 4.69) is 0 Å². The van der Waals surface area contributed by atoms with E-state index in [1.54, 1.807) is 6.08 Å². The Labute approximate surface area is 193 Å². The number of hydrogen-bond acceptors (Lipinski definition) is 4. The monoisotopic (exact) mass is 436 g/mol. The van der Waals surface area contributed by atoms with Crippen molar-refractivity contribution >= 4 is 12.0 Å². The second-order valence-electron chi connectivity index (χ2n) is 7.27. The van der Waals surface area contributed by atoms with Crippen LogP contribution in [-0.4, -0.2) is 12.6 Å². The lowest BCUT2D eigenvalue weighted by Gasteiger charge is -2.13. The molecule has 0 atom stereocenters. The number of rotatable bonds is 9. The summed E-state index contributed by atoms with van der Waals surface area (Å²) in [6.45, 7) is 0.333. The molecule has 0 aromatic heterocycles. The molecule has 4 rings (SSSR count). The van der Waals surface area contributed by atoms with Crippen molar-refractivity contribution in [1.29, 1.82) is 0 Å². The minimum atomic E-state index is -0.388. The standard InChI is InChI=1S/C29H24O4/c30-29(31-21-20-23-10-4-1-5-11-23)19-17-24-16-18-27(32-25-12-6-2-7-13-25)28(22-24)33-26-14-8-3-9-15-26/h1-19,22H,20-21H2/b19-17-. The van der Waals surface area contributed by atoms with Gasteiger partial charge in [0, 0.05) is 12.5 Å². The first kappa shape index (κ1) is 21.9. The molecule has 0 spiro atoms. The van der Waals surface area contributed by atoms with Crippen LogP contribution in [0.15, 0.2) is 115 Å². The first-order chi connectivity index (χ1) is 16.3. The first-order valence-corrected chi connectivity index (χ1v) is 10.7. The second kappa shape index (κ2) is 11.3. The summed E-state index contributed by atoms with van der Waals surface area (Å²) in [6.07, 6.45) is 3.81. The van der Waals surface area contributed by atoms with Crippen LogP contribution in [0.2, 0.25) is 0 Å². The molecule has 0 saturated carbocycles. The number of para-hydroxylation sites is 2. The molecular weight excluding hydrogens is 412 g/mol. The first-order valence-electron chi connectivity index (χ1n) is 10.7. The molecule has 0 radical (unpaired) electrons. The Hall–Kier alpha value is -4.31. The van der Waals surface area contributed by atoms with Gasteiger partial charge in [-0.25, -0.2) is 4.79 Å². The summed E-state index contributed by atoms with van der Waals surface area (Å²) >= 11 is 0. The Morgan fingerprint density at radius 2 is 1.24 bits per heavy atom. The fraction of sp³-hybridized carbons (Fsp3) is 0.0690. The Kier molecular flexibility index (Phi) is 7.53. The summed E-state index contributed by atoms with van der Waals surface area (Å²) in [5.74, 6) is 2.14. The minimum Gasteiger partial charge on any atom is -0.462 e. The Morgan fingerprint density at radius 1 is 0.667 bits per heavy atom. The molecule has 0 unspecified atom stereocenters. The molecule has 0 amide bonds. The lowest BCUT2D eigenvalue weighted by atomic mass is 10.2. The van der Waals surface area contributed by atoms with E-state index >= 15 is 0 Å². The van der Waals surface area contributed by atoms with Gasteiger partial charge < -0.3 is 14.2 Å². The Morgan fingerprint density at radius 3 is 1.88 bits per heavy atom. The number of benzene rings is 4. The quantitative estimate of drug-likeness (QED) is 0.208. The number of ether oxygens (including phenoxy) is 3. The maximum absolute atomic E-state index is 12.1. The zero-order valence-electron chi connectivity index (χ0n) is 18.1. The maximum atomic E-state index is 12.1. The zero-order chi connectivity index (χ0) is 22.7. The van der Waals surface area contributed by atoms with Gasteiger partial charge in [0.2, 0.25) is 0 Å². The third-order valence-corrected chi connectivity index (χ3v) is 4.80. The highest BCUT2D eigenvalue weighted by molar-refractivity contribution is 5.87. The van der Waals surface area contributed by atoms with Crippen LogP contribution in [0.1, 0.15) is 11.1 Å². The SMILES string of the molecule is O=C(/C=C\c1ccc(Oc2ccccc2)c(Oc2ccccc2)c1)OCCc1ccccc1. The predicted octanol–water partition coefficient (Wildman–Crippen LogP) is 7.07. The van der Waals surface area contributed by atoms with Gasteiger partial charge in [0.05, 0.1) is 6.61 Å². The van der Waals surface area contributed by atoms with Crippen molar-refractivity contribution in [2.45, 2.75) is 6.42 Å². The van der Waals surface area contributed by atoms with Gasteiger partial charge in [-0.3, -0.25) is 0 Å². The molecule has 0 aliphatic rings. The Balaban J connectivity index is 1.44. The molecule has 4 heteroatoms. The molecule has 4 aromatic carbocycles. The van der Waals surface area contributed by atoms with Crippen LogP contribution in [0.25, 0.3) is 6.08 Å². The molecule has 0 saturated heterocycles. The second-order valence-corrected chi connectivity index (χ2v) is 7.27. The van der Waals surface area contributed by atoms with Crippen molar-refractivity contribution in [3.63, 3.8) is 0 Å². The smallest absolute Gasteiger partial charge is 0.330 e. The van der Waals surface area contributed by atoms with Crippen LogP contribution in [0, 0.1) is 0 Å². The van der Waals surface area contributed by atoms with Crippen LogP contribution in [0.3, 0.4) is 0 Å². The number of carbonyl (C=O) groups is 1. The molecule has 0 bridgehead atoms. The zero-order valence-corrected chi connectivity index (χ0v) is 18.1. The van der Waals surface area contributed by atoms with Crippen molar-refractivity contribution in [1.82, 2.24) is 0 Å². The summed E-state index contributed by atoms with van der Waals surface area (Å²) in [7, 11) is 0. The van der Waals surface area contributed by atoms with Crippen molar-refractivity contribution in [3.05, 3.63) is 126 Å². The molecule has 0 aliphatic heterocycles. The lowest BCUT2D eigenvalue weighted by Crippen LogP contribution is -2.04. The average Bonchev–Trinajstić information content (AvgIpc) is 2.86. The van der Waals surface area contributed by atoms with Crippen LogP contribution < -0.4 is 9.47 Å². The summed E-state index contributed by atoms with van der Waals surface area (Å²) in [5.41, 5.74) is 1.92. The Bertz CT molecular complexity index is 1190. The van der Waals surface area contributed by atoms with Crippen LogP contribution in [0.4, 0.5) is 0 Å². The molecule has 4 nitrogen and oxygen atoms in total. The van der Waals surface area contributed by atoms with Gasteiger partial charge in [-0.15, -0.1) is 0 Å². The largest absolute Gasteiger partial charge is 0.462 e. The average molecular weight is 437 g/mol. The lowest BCUT2D eigenvalue weighted by molar-refractivity contribution is -0.137. The van der Waals surface area contributed by atoms with Gasteiger partial charge in [-0.05, 0) is 53.6 Å².